The summed E-state index contributed by atoms with van der Waals surface area (Å²) in [5.74, 6) is 0.310. The standard InChI is InChI=1S/C21H21N3O2/c1-14-8-9-16(15(2)12-14)10-11-20(25)24(3)13-19-22-18-7-5-4-6-17(18)21(26)23-19/h4-12H,13H2,1-3H3,(H,22,23,26). The van der Waals surface area contributed by atoms with Gasteiger partial charge in [-0.15, -0.1) is 0 Å². The zero-order chi connectivity index (χ0) is 18.7. The van der Waals surface area contributed by atoms with Crippen molar-refractivity contribution in [1.29, 1.82) is 0 Å². The third-order valence-electron chi connectivity index (χ3n) is 4.26. The molecule has 1 aromatic heterocycles. The van der Waals surface area contributed by atoms with E-state index in [0.717, 1.165) is 11.1 Å². The van der Waals surface area contributed by atoms with E-state index in [2.05, 4.69) is 16.0 Å². The molecule has 132 valence electrons. The Hall–Kier alpha value is -3.21. The van der Waals surface area contributed by atoms with Crippen LogP contribution in [0.4, 0.5) is 0 Å². The average molecular weight is 347 g/mol. The van der Waals surface area contributed by atoms with Crippen LogP contribution in [0.2, 0.25) is 0 Å². The molecule has 3 aromatic rings. The minimum absolute atomic E-state index is 0.152. The number of H-pyrrole nitrogens is 1. The minimum Gasteiger partial charge on any atom is -0.335 e. The predicted molar refractivity (Wildman–Crippen MR) is 104 cm³/mol. The maximum absolute atomic E-state index is 12.4. The van der Waals surface area contributed by atoms with Crippen molar-refractivity contribution in [2.45, 2.75) is 20.4 Å². The van der Waals surface area contributed by atoms with Crippen LogP contribution in [-0.4, -0.2) is 27.8 Å². The predicted octanol–water partition coefficient (Wildman–Crippen LogP) is 3.21. The van der Waals surface area contributed by atoms with Crippen LogP contribution in [0, 0.1) is 13.8 Å². The lowest BCUT2D eigenvalue weighted by Crippen LogP contribution is -2.26. The normalized spacial score (nSPS) is 11.2. The van der Waals surface area contributed by atoms with Gasteiger partial charge in [0.05, 0.1) is 17.4 Å². The summed E-state index contributed by atoms with van der Waals surface area (Å²) in [5, 5.41) is 0.542. The largest absolute Gasteiger partial charge is 0.335 e. The number of para-hydroxylation sites is 1. The highest BCUT2D eigenvalue weighted by atomic mass is 16.2. The van der Waals surface area contributed by atoms with Crippen molar-refractivity contribution in [2.75, 3.05) is 7.05 Å². The van der Waals surface area contributed by atoms with Crippen LogP contribution in [0.5, 0.6) is 0 Å². The second kappa shape index (κ2) is 7.35. The van der Waals surface area contributed by atoms with Crippen LogP contribution in [0.3, 0.4) is 0 Å². The van der Waals surface area contributed by atoms with Crippen molar-refractivity contribution in [2.24, 2.45) is 0 Å². The fraction of sp³-hybridized carbons (Fsp3) is 0.190. The van der Waals surface area contributed by atoms with Gasteiger partial charge in [0.25, 0.3) is 5.56 Å². The van der Waals surface area contributed by atoms with Crippen molar-refractivity contribution in [3.05, 3.63) is 81.4 Å². The third-order valence-corrected chi connectivity index (χ3v) is 4.26. The lowest BCUT2D eigenvalue weighted by atomic mass is 10.1. The van der Waals surface area contributed by atoms with Crippen LogP contribution in [0.15, 0.2) is 53.3 Å². The van der Waals surface area contributed by atoms with E-state index >= 15 is 0 Å². The van der Waals surface area contributed by atoms with E-state index < -0.39 is 0 Å². The molecule has 0 aliphatic heterocycles. The second-order valence-corrected chi connectivity index (χ2v) is 6.42. The first-order valence-corrected chi connectivity index (χ1v) is 8.42. The number of benzene rings is 2. The van der Waals surface area contributed by atoms with Crippen molar-refractivity contribution < 1.29 is 4.79 Å². The Morgan fingerprint density at radius 3 is 2.73 bits per heavy atom. The average Bonchev–Trinajstić information content (AvgIpc) is 2.60. The van der Waals surface area contributed by atoms with Gasteiger partial charge in [-0.2, -0.15) is 0 Å². The van der Waals surface area contributed by atoms with E-state index in [-0.39, 0.29) is 18.0 Å². The van der Waals surface area contributed by atoms with E-state index in [4.69, 9.17) is 0 Å². The molecule has 0 radical (unpaired) electrons. The Kier molecular flexibility index (Phi) is 4.98. The number of likely N-dealkylation sites (N-methyl/N-ethyl adjacent to an activating group) is 1. The summed E-state index contributed by atoms with van der Waals surface area (Å²) in [6.07, 6.45) is 3.35. The number of amides is 1. The van der Waals surface area contributed by atoms with Gasteiger partial charge in [-0.05, 0) is 43.2 Å². The Morgan fingerprint density at radius 1 is 1.19 bits per heavy atom. The molecule has 0 aliphatic carbocycles. The molecular weight excluding hydrogens is 326 g/mol. The summed E-state index contributed by atoms with van der Waals surface area (Å²) in [6.45, 7) is 4.29. The summed E-state index contributed by atoms with van der Waals surface area (Å²) < 4.78 is 0. The number of hydrogen-bond acceptors (Lipinski definition) is 3. The van der Waals surface area contributed by atoms with Gasteiger partial charge in [0.1, 0.15) is 5.82 Å². The van der Waals surface area contributed by atoms with Crippen LogP contribution >= 0.6 is 0 Å². The van der Waals surface area contributed by atoms with Crippen molar-refractivity contribution in [3.8, 4) is 0 Å². The van der Waals surface area contributed by atoms with Gasteiger partial charge < -0.3 is 9.88 Å². The number of aromatic nitrogens is 2. The van der Waals surface area contributed by atoms with Gasteiger partial charge in [0, 0.05) is 13.1 Å². The highest BCUT2D eigenvalue weighted by Gasteiger charge is 2.09. The fourth-order valence-corrected chi connectivity index (χ4v) is 2.81. The molecule has 0 spiro atoms. The van der Waals surface area contributed by atoms with Gasteiger partial charge in [-0.25, -0.2) is 4.98 Å². The van der Waals surface area contributed by atoms with Crippen LogP contribution in [0.1, 0.15) is 22.5 Å². The number of hydrogen-bond donors (Lipinski definition) is 1. The highest BCUT2D eigenvalue weighted by molar-refractivity contribution is 5.91. The van der Waals surface area contributed by atoms with Gasteiger partial charge >= 0.3 is 0 Å². The Balaban J connectivity index is 1.75. The van der Waals surface area contributed by atoms with Crippen LogP contribution in [-0.2, 0) is 11.3 Å². The molecule has 0 saturated heterocycles. The Bertz CT molecular complexity index is 1050. The van der Waals surface area contributed by atoms with E-state index in [1.807, 2.05) is 38.1 Å². The summed E-state index contributed by atoms with van der Waals surface area (Å²) in [6, 6.07) is 13.2. The zero-order valence-electron chi connectivity index (χ0n) is 15.1. The number of rotatable bonds is 4. The number of carbonyl (C=O) groups excluding carboxylic acids is 1. The third kappa shape index (κ3) is 3.88. The number of aryl methyl sites for hydroxylation is 2. The lowest BCUT2D eigenvalue weighted by molar-refractivity contribution is -0.125. The molecule has 2 aromatic carbocycles. The number of nitrogens with zero attached hydrogens (tertiary/aromatic N) is 2. The molecule has 5 heteroatoms. The topological polar surface area (TPSA) is 66.1 Å². The van der Waals surface area contributed by atoms with E-state index in [1.165, 1.54) is 16.5 Å². The first-order chi connectivity index (χ1) is 12.4. The molecule has 0 fully saturated rings. The molecule has 0 unspecified atom stereocenters. The molecule has 0 aliphatic rings. The number of nitrogens with one attached hydrogen (secondary N) is 1. The first-order valence-electron chi connectivity index (χ1n) is 8.42. The monoisotopic (exact) mass is 347 g/mol. The number of carbonyl (C=O) groups is 1. The van der Waals surface area contributed by atoms with Gasteiger partial charge in [-0.1, -0.05) is 35.9 Å². The summed E-state index contributed by atoms with van der Waals surface area (Å²) in [5.41, 5.74) is 3.75. The van der Waals surface area contributed by atoms with E-state index in [0.29, 0.717) is 16.7 Å². The molecule has 1 amide bonds. The van der Waals surface area contributed by atoms with Gasteiger partial charge in [-0.3, -0.25) is 9.59 Å². The van der Waals surface area contributed by atoms with E-state index in [9.17, 15) is 9.59 Å². The van der Waals surface area contributed by atoms with Crippen LogP contribution in [0.25, 0.3) is 17.0 Å². The molecular formula is C21H21N3O2. The molecule has 1 N–H and O–H groups in total. The van der Waals surface area contributed by atoms with E-state index in [1.54, 1.807) is 25.2 Å². The number of aromatic amines is 1. The minimum atomic E-state index is -0.197. The molecule has 0 bridgehead atoms. The molecule has 1 heterocycles. The quantitative estimate of drug-likeness (QED) is 0.737. The van der Waals surface area contributed by atoms with Crippen molar-refractivity contribution >= 4 is 22.9 Å². The molecule has 0 saturated carbocycles. The summed E-state index contributed by atoms with van der Waals surface area (Å²) in [7, 11) is 1.68. The maximum atomic E-state index is 12.4. The van der Waals surface area contributed by atoms with Crippen molar-refractivity contribution in [3.63, 3.8) is 0 Å². The summed E-state index contributed by atoms with van der Waals surface area (Å²) >= 11 is 0. The second-order valence-electron chi connectivity index (χ2n) is 6.42. The van der Waals surface area contributed by atoms with Crippen LogP contribution < -0.4 is 5.56 Å². The fourth-order valence-electron chi connectivity index (χ4n) is 2.81. The molecule has 3 rings (SSSR count). The SMILES string of the molecule is Cc1ccc(C=CC(=O)N(C)Cc2nc3ccccc3c(=O)[nH]2)c(C)c1. The highest BCUT2D eigenvalue weighted by Crippen LogP contribution is 2.12. The maximum Gasteiger partial charge on any atom is 0.258 e. The smallest absolute Gasteiger partial charge is 0.258 e. The molecule has 26 heavy (non-hydrogen) atoms. The molecule has 0 atom stereocenters. The Morgan fingerprint density at radius 2 is 1.96 bits per heavy atom. The van der Waals surface area contributed by atoms with Crippen molar-refractivity contribution in [1.82, 2.24) is 14.9 Å². The molecule has 5 nitrogen and oxygen atoms in total. The Labute approximate surface area is 152 Å². The van der Waals surface area contributed by atoms with Gasteiger partial charge in [0.15, 0.2) is 0 Å². The summed E-state index contributed by atoms with van der Waals surface area (Å²) in [4.78, 5) is 33.2. The first kappa shape index (κ1) is 17.6. The lowest BCUT2D eigenvalue weighted by Gasteiger charge is -2.14. The van der Waals surface area contributed by atoms with Gasteiger partial charge in [0.2, 0.25) is 5.91 Å². The number of fused-ring (bicyclic) bond motifs is 1. The zero-order valence-corrected chi connectivity index (χ0v) is 15.1.